The van der Waals surface area contributed by atoms with Crippen LogP contribution in [0.1, 0.15) is 35.1 Å². The van der Waals surface area contributed by atoms with Crippen molar-refractivity contribution in [2.24, 2.45) is 0 Å². The number of hydrogen-bond donors (Lipinski definition) is 2. The first-order chi connectivity index (χ1) is 17.7. The third kappa shape index (κ3) is 4.39. The lowest BCUT2D eigenvalue weighted by Gasteiger charge is -2.22. The zero-order chi connectivity index (χ0) is 24.5. The minimum absolute atomic E-state index is 0.627. The Balaban J connectivity index is 1.24. The van der Waals surface area contributed by atoms with Gasteiger partial charge in [0.25, 0.3) is 0 Å². The summed E-state index contributed by atoms with van der Waals surface area (Å²) in [4.78, 5) is 8.53. The smallest absolute Gasteiger partial charge is 0.116 e. The van der Waals surface area contributed by atoms with Crippen LogP contribution in [0.15, 0.2) is 66.7 Å². The van der Waals surface area contributed by atoms with E-state index >= 15 is 0 Å². The molecule has 0 unspecified atom stereocenters. The zero-order valence-corrected chi connectivity index (χ0v) is 20.6. The van der Waals surface area contributed by atoms with E-state index < -0.39 is 0 Å². The van der Waals surface area contributed by atoms with Crippen molar-refractivity contribution in [3.05, 3.63) is 89.0 Å². The molecule has 6 nitrogen and oxygen atoms in total. The van der Waals surface area contributed by atoms with Gasteiger partial charge in [-0.1, -0.05) is 36.4 Å². The van der Waals surface area contributed by atoms with E-state index in [1.807, 2.05) is 18.2 Å². The summed E-state index contributed by atoms with van der Waals surface area (Å²) in [6, 6.07) is 25.4. The number of hydrogen-bond acceptors (Lipinski definition) is 4. The first-order valence-corrected chi connectivity index (χ1v) is 12.6. The average molecular weight is 475 g/mol. The lowest BCUT2D eigenvalue weighted by atomic mass is 10.1. The molecular formula is C30H30N6. The summed E-state index contributed by atoms with van der Waals surface area (Å²) < 4.78 is 0. The Hall–Kier alpha value is -3.92. The highest BCUT2D eigenvalue weighted by Gasteiger charge is 2.16. The van der Waals surface area contributed by atoms with Gasteiger partial charge in [0.05, 0.1) is 22.8 Å². The van der Waals surface area contributed by atoms with Crippen molar-refractivity contribution in [1.29, 1.82) is 5.26 Å². The summed E-state index contributed by atoms with van der Waals surface area (Å²) in [5.74, 6) is 0. The summed E-state index contributed by atoms with van der Waals surface area (Å²) in [6.45, 7) is 5.26. The number of nitrogens with zero attached hydrogens (tertiary/aromatic N) is 4. The van der Waals surface area contributed by atoms with E-state index in [0.29, 0.717) is 5.56 Å². The van der Waals surface area contributed by atoms with Gasteiger partial charge < -0.3 is 4.98 Å². The SMILES string of the molecule is CN(Cc1ccccc1CN1CCCC1)Cc1cccc2[nH]c(-c3n[nH]c4cc(C#N)ccc34)cc12. The summed E-state index contributed by atoms with van der Waals surface area (Å²) in [7, 11) is 2.20. The molecule has 6 heteroatoms. The summed E-state index contributed by atoms with van der Waals surface area (Å²) >= 11 is 0. The van der Waals surface area contributed by atoms with Crippen molar-refractivity contribution in [3.63, 3.8) is 0 Å². The van der Waals surface area contributed by atoms with Crippen molar-refractivity contribution in [2.75, 3.05) is 20.1 Å². The maximum atomic E-state index is 9.19. The normalized spacial score (nSPS) is 14.2. The molecule has 36 heavy (non-hydrogen) atoms. The highest BCUT2D eigenvalue weighted by molar-refractivity contribution is 5.96. The van der Waals surface area contributed by atoms with E-state index in [1.54, 1.807) is 0 Å². The van der Waals surface area contributed by atoms with Crippen LogP contribution in [-0.4, -0.2) is 45.1 Å². The molecule has 0 aliphatic carbocycles. The Morgan fingerprint density at radius 1 is 0.889 bits per heavy atom. The molecule has 2 N–H and O–H groups in total. The molecule has 0 radical (unpaired) electrons. The molecular weight excluding hydrogens is 444 g/mol. The molecule has 0 atom stereocenters. The van der Waals surface area contributed by atoms with E-state index in [0.717, 1.165) is 47.4 Å². The monoisotopic (exact) mass is 474 g/mol. The predicted octanol–water partition coefficient (Wildman–Crippen LogP) is 5.81. The van der Waals surface area contributed by atoms with Gasteiger partial charge >= 0.3 is 0 Å². The molecule has 5 aromatic rings. The van der Waals surface area contributed by atoms with Crippen molar-refractivity contribution in [3.8, 4) is 17.5 Å². The number of nitrogens with one attached hydrogen (secondary N) is 2. The predicted molar refractivity (Wildman–Crippen MR) is 144 cm³/mol. The van der Waals surface area contributed by atoms with Gasteiger partial charge in [-0.05, 0) is 80.0 Å². The van der Waals surface area contributed by atoms with Gasteiger partial charge in [-0.15, -0.1) is 0 Å². The van der Waals surface area contributed by atoms with Crippen LogP contribution in [0.5, 0.6) is 0 Å². The van der Waals surface area contributed by atoms with Crippen LogP contribution in [0, 0.1) is 11.3 Å². The van der Waals surface area contributed by atoms with E-state index in [2.05, 4.69) is 86.6 Å². The van der Waals surface area contributed by atoms with Crippen molar-refractivity contribution in [2.45, 2.75) is 32.5 Å². The molecule has 180 valence electrons. The first-order valence-electron chi connectivity index (χ1n) is 12.6. The number of benzene rings is 3. The number of H-pyrrole nitrogens is 2. The lowest BCUT2D eigenvalue weighted by Crippen LogP contribution is -2.22. The summed E-state index contributed by atoms with van der Waals surface area (Å²) in [5.41, 5.74) is 8.60. The molecule has 0 amide bonds. The van der Waals surface area contributed by atoms with Crippen LogP contribution in [0.3, 0.4) is 0 Å². The minimum atomic E-state index is 0.627. The van der Waals surface area contributed by atoms with Gasteiger partial charge in [0, 0.05) is 35.9 Å². The Morgan fingerprint density at radius 3 is 2.50 bits per heavy atom. The van der Waals surface area contributed by atoms with Crippen LogP contribution in [0.4, 0.5) is 0 Å². The molecule has 0 saturated carbocycles. The molecule has 1 saturated heterocycles. The topological polar surface area (TPSA) is 74.7 Å². The number of nitriles is 1. The second-order valence-electron chi connectivity index (χ2n) is 9.93. The number of fused-ring (bicyclic) bond motifs is 2. The maximum absolute atomic E-state index is 9.19. The standard InChI is InChI=1S/C30H30N6/c1-35(18-22-7-2-3-8-23(22)20-36-13-4-5-14-36)19-24-9-6-10-27-26(24)16-29(32-27)30-25-12-11-21(17-31)15-28(25)33-34-30/h2-3,6-12,15-16,32H,4-5,13-14,18-20H2,1H3,(H,33,34). The van der Waals surface area contributed by atoms with Crippen LogP contribution in [-0.2, 0) is 19.6 Å². The van der Waals surface area contributed by atoms with Crippen LogP contribution in [0.25, 0.3) is 33.2 Å². The van der Waals surface area contributed by atoms with Gasteiger partial charge in [-0.25, -0.2) is 0 Å². The first kappa shape index (κ1) is 22.5. The molecule has 1 aliphatic heterocycles. The molecule has 0 spiro atoms. The third-order valence-corrected chi connectivity index (χ3v) is 7.29. The van der Waals surface area contributed by atoms with Crippen molar-refractivity contribution < 1.29 is 0 Å². The van der Waals surface area contributed by atoms with Crippen LogP contribution < -0.4 is 0 Å². The summed E-state index contributed by atoms with van der Waals surface area (Å²) in [6.07, 6.45) is 2.64. The van der Waals surface area contributed by atoms with Crippen molar-refractivity contribution >= 4 is 21.8 Å². The zero-order valence-electron chi connectivity index (χ0n) is 20.6. The van der Waals surface area contributed by atoms with E-state index in [1.165, 1.54) is 48.0 Å². The number of aromatic nitrogens is 3. The van der Waals surface area contributed by atoms with E-state index in [9.17, 15) is 5.26 Å². The fourth-order valence-corrected chi connectivity index (χ4v) is 5.46. The highest BCUT2D eigenvalue weighted by atomic mass is 15.1. The Labute approximate surface area is 211 Å². The summed E-state index contributed by atoms with van der Waals surface area (Å²) in [5, 5.41) is 19.1. The fraction of sp³-hybridized carbons (Fsp3) is 0.267. The quantitative estimate of drug-likeness (QED) is 0.312. The third-order valence-electron chi connectivity index (χ3n) is 7.29. The van der Waals surface area contributed by atoms with Gasteiger partial charge in [-0.2, -0.15) is 10.4 Å². The van der Waals surface area contributed by atoms with Gasteiger partial charge in [0.2, 0.25) is 0 Å². The molecule has 1 aliphatic rings. The molecule has 3 aromatic carbocycles. The largest absolute Gasteiger partial charge is 0.353 e. The van der Waals surface area contributed by atoms with Crippen LogP contribution >= 0.6 is 0 Å². The second kappa shape index (κ2) is 9.62. The molecule has 0 bridgehead atoms. The molecule has 1 fully saturated rings. The number of aromatic amines is 2. The number of likely N-dealkylation sites (tertiary alicyclic amines) is 1. The average Bonchev–Trinajstić information content (AvgIpc) is 3.64. The lowest BCUT2D eigenvalue weighted by molar-refractivity contribution is 0.308. The van der Waals surface area contributed by atoms with Crippen molar-refractivity contribution in [1.82, 2.24) is 25.0 Å². The number of rotatable bonds is 7. The molecule has 2 aromatic heterocycles. The van der Waals surface area contributed by atoms with Gasteiger partial charge in [-0.3, -0.25) is 14.9 Å². The second-order valence-corrected chi connectivity index (χ2v) is 9.93. The van der Waals surface area contributed by atoms with Crippen LogP contribution in [0.2, 0.25) is 0 Å². The maximum Gasteiger partial charge on any atom is 0.116 e. The van der Waals surface area contributed by atoms with Gasteiger partial charge in [0.15, 0.2) is 0 Å². The van der Waals surface area contributed by atoms with E-state index in [-0.39, 0.29) is 0 Å². The fourth-order valence-electron chi connectivity index (χ4n) is 5.46. The Kier molecular flexibility index (Phi) is 6.02. The Bertz CT molecular complexity index is 1560. The molecule has 6 rings (SSSR count). The minimum Gasteiger partial charge on any atom is -0.353 e. The van der Waals surface area contributed by atoms with Gasteiger partial charge in [0.1, 0.15) is 5.69 Å². The Morgan fingerprint density at radius 2 is 1.67 bits per heavy atom. The van der Waals surface area contributed by atoms with E-state index in [4.69, 9.17) is 0 Å². The molecule has 3 heterocycles. The highest BCUT2D eigenvalue weighted by Crippen LogP contribution is 2.31.